The molecule has 0 radical (unpaired) electrons. The average molecular weight is 467 g/mol. The predicted molar refractivity (Wildman–Crippen MR) is 123 cm³/mol. The smallest absolute Gasteiger partial charge is 0.416 e. The van der Waals surface area contributed by atoms with Crippen LogP contribution < -0.4 is 4.74 Å². The Morgan fingerprint density at radius 3 is 2.47 bits per heavy atom. The minimum absolute atomic E-state index is 0.251. The molecule has 2 aromatic carbocycles. The molecule has 0 unspecified atom stereocenters. The van der Waals surface area contributed by atoms with E-state index in [1.807, 2.05) is 29.1 Å². The summed E-state index contributed by atoms with van der Waals surface area (Å²) in [6.45, 7) is 1.17. The molecule has 0 fully saturated rings. The predicted octanol–water partition coefficient (Wildman–Crippen LogP) is 6.66. The summed E-state index contributed by atoms with van der Waals surface area (Å²) in [6.07, 6.45) is 7.32. The third-order valence-corrected chi connectivity index (χ3v) is 5.20. The minimum atomic E-state index is -4.35. The molecule has 4 rings (SSSR count). The molecule has 2 aromatic heterocycles. The number of oxazole rings is 1. The maximum absolute atomic E-state index is 12.6. The summed E-state index contributed by atoms with van der Waals surface area (Å²) in [4.78, 5) is 4.32. The lowest BCUT2D eigenvalue weighted by molar-refractivity contribution is -0.137. The largest absolute Gasteiger partial charge is 0.487 e. The molecule has 2 heterocycles. The zero-order chi connectivity index (χ0) is 23.8. The summed E-state index contributed by atoms with van der Waals surface area (Å²) in [5, 5.41) is 4.20. The van der Waals surface area contributed by atoms with Crippen molar-refractivity contribution in [1.29, 1.82) is 0 Å². The maximum Gasteiger partial charge on any atom is 0.416 e. The van der Waals surface area contributed by atoms with Crippen molar-refractivity contribution in [2.24, 2.45) is 0 Å². The van der Waals surface area contributed by atoms with Gasteiger partial charge in [-0.15, -0.1) is 0 Å². The molecule has 0 aliphatic rings. The van der Waals surface area contributed by atoms with Crippen LogP contribution in [0.5, 0.6) is 5.75 Å². The van der Waals surface area contributed by atoms with Gasteiger partial charge in [0, 0.05) is 25.0 Å². The highest BCUT2D eigenvalue weighted by Crippen LogP contribution is 2.29. The number of hydrogen-bond donors (Lipinski definition) is 0. The first-order valence-corrected chi connectivity index (χ1v) is 10.9. The maximum atomic E-state index is 12.6. The van der Waals surface area contributed by atoms with Gasteiger partial charge in [0.1, 0.15) is 24.3 Å². The molecular formula is C26H24F3N3O2. The first-order valence-electron chi connectivity index (χ1n) is 10.9. The molecule has 0 saturated heterocycles. The van der Waals surface area contributed by atoms with E-state index >= 15 is 0 Å². The molecule has 0 aliphatic carbocycles. The summed E-state index contributed by atoms with van der Waals surface area (Å²) in [7, 11) is 0. The Bertz CT molecular complexity index is 1180. The van der Waals surface area contributed by atoms with E-state index in [2.05, 4.69) is 22.2 Å². The van der Waals surface area contributed by atoms with Crippen LogP contribution in [0.4, 0.5) is 13.2 Å². The van der Waals surface area contributed by atoms with Crippen molar-refractivity contribution in [2.45, 2.75) is 38.6 Å². The van der Waals surface area contributed by atoms with E-state index in [9.17, 15) is 13.2 Å². The van der Waals surface area contributed by atoms with Crippen LogP contribution >= 0.6 is 0 Å². The Labute approximate surface area is 195 Å². The van der Waals surface area contributed by atoms with Gasteiger partial charge in [-0.2, -0.15) is 18.3 Å². The Morgan fingerprint density at radius 1 is 0.971 bits per heavy atom. The molecule has 5 nitrogen and oxygen atoms in total. The number of rotatable bonds is 10. The van der Waals surface area contributed by atoms with Crippen molar-refractivity contribution in [3.05, 3.63) is 102 Å². The average Bonchev–Trinajstić information content (AvgIpc) is 3.52. The standard InChI is InChI=1S/C26H24F3N3O2/c27-26(28,29)22-10-5-21(6-11-22)9-14-25-31-23(19-34-25)18-33-24-12-7-20(8-13-24)4-1-2-16-32-17-3-15-30-32/h3,5-15,17,19H,1-2,4,16,18H2/b14-9+. The van der Waals surface area contributed by atoms with Gasteiger partial charge in [-0.05, 0) is 66.8 Å². The fourth-order valence-corrected chi connectivity index (χ4v) is 3.36. The van der Waals surface area contributed by atoms with Gasteiger partial charge in [-0.3, -0.25) is 4.68 Å². The molecule has 4 aromatic rings. The number of nitrogens with zero attached hydrogens (tertiary/aromatic N) is 3. The number of alkyl halides is 3. The zero-order valence-corrected chi connectivity index (χ0v) is 18.4. The van der Waals surface area contributed by atoms with Gasteiger partial charge in [0.15, 0.2) is 0 Å². The molecule has 0 amide bonds. The van der Waals surface area contributed by atoms with Crippen molar-refractivity contribution in [3.63, 3.8) is 0 Å². The summed E-state index contributed by atoms with van der Waals surface area (Å²) in [5.41, 5.74) is 1.81. The van der Waals surface area contributed by atoms with Gasteiger partial charge in [0.2, 0.25) is 5.89 Å². The molecular weight excluding hydrogens is 443 g/mol. The second kappa shape index (κ2) is 10.9. The lowest BCUT2D eigenvalue weighted by atomic mass is 10.1. The van der Waals surface area contributed by atoms with Crippen LogP contribution in [-0.2, 0) is 25.7 Å². The second-order valence-electron chi connectivity index (χ2n) is 7.79. The van der Waals surface area contributed by atoms with E-state index in [0.717, 1.165) is 43.7 Å². The number of unbranched alkanes of at least 4 members (excludes halogenated alkanes) is 1. The van der Waals surface area contributed by atoms with E-state index in [4.69, 9.17) is 9.15 Å². The second-order valence-corrected chi connectivity index (χ2v) is 7.79. The zero-order valence-electron chi connectivity index (χ0n) is 18.4. The molecule has 34 heavy (non-hydrogen) atoms. The minimum Gasteiger partial charge on any atom is -0.487 e. The topological polar surface area (TPSA) is 53.1 Å². The van der Waals surface area contributed by atoms with Crippen LogP contribution in [0, 0.1) is 0 Å². The number of benzene rings is 2. The lowest BCUT2D eigenvalue weighted by Crippen LogP contribution is -2.03. The highest BCUT2D eigenvalue weighted by molar-refractivity contribution is 5.66. The first kappa shape index (κ1) is 23.4. The van der Waals surface area contributed by atoms with Crippen molar-refractivity contribution in [1.82, 2.24) is 14.8 Å². The quantitative estimate of drug-likeness (QED) is 0.245. The number of aromatic nitrogens is 3. The van der Waals surface area contributed by atoms with Crippen LogP contribution in [0.2, 0.25) is 0 Å². The third kappa shape index (κ3) is 6.84. The van der Waals surface area contributed by atoms with E-state index < -0.39 is 11.7 Å². The summed E-state index contributed by atoms with van der Waals surface area (Å²) in [5.74, 6) is 1.09. The van der Waals surface area contributed by atoms with Gasteiger partial charge >= 0.3 is 6.18 Å². The third-order valence-electron chi connectivity index (χ3n) is 5.20. The van der Waals surface area contributed by atoms with E-state index in [0.29, 0.717) is 17.1 Å². The van der Waals surface area contributed by atoms with Gasteiger partial charge in [0.25, 0.3) is 0 Å². The number of hydrogen-bond acceptors (Lipinski definition) is 4. The van der Waals surface area contributed by atoms with Gasteiger partial charge in [0.05, 0.1) is 5.56 Å². The van der Waals surface area contributed by atoms with Crippen LogP contribution in [0.3, 0.4) is 0 Å². The van der Waals surface area contributed by atoms with E-state index in [1.54, 1.807) is 18.3 Å². The first-order chi connectivity index (χ1) is 16.5. The van der Waals surface area contributed by atoms with E-state index in [-0.39, 0.29) is 6.61 Å². The van der Waals surface area contributed by atoms with Crippen LogP contribution in [0.1, 0.15) is 41.1 Å². The number of aryl methyl sites for hydroxylation is 2. The van der Waals surface area contributed by atoms with Gasteiger partial charge < -0.3 is 9.15 Å². The fraction of sp³-hybridized carbons (Fsp3) is 0.231. The Morgan fingerprint density at radius 2 is 1.76 bits per heavy atom. The number of halogens is 3. The van der Waals surface area contributed by atoms with Crippen molar-refractivity contribution < 1.29 is 22.3 Å². The molecule has 0 aliphatic heterocycles. The van der Waals surface area contributed by atoms with Gasteiger partial charge in [-0.25, -0.2) is 4.98 Å². The van der Waals surface area contributed by atoms with Gasteiger partial charge in [-0.1, -0.05) is 24.3 Å². The van der Waals surface area contributed by atoms with Crippen molar-refractivity contribution in [3.8, 4) is 5.75 Å². The Balaban J connectivity index is 1.21. The highest BCUT2D eigenvalue weighted by atomic mass is 19.4. The van der Waals surface area contributed by atoms with Crippen LogP contribution in [-0.4, -0.2) is 14.8 Å². The molecule has 0 spiro atoms. The summed E-state index contributed by atoms with van der Waals surface area (Å²) in [6, 6.07) is 14.8. The molecule has 0 atom stereocenters. The van der Waals surface area contributed by atoms with Crippen molar-refractivity contribution >= 4 is 12.2 Å². The van der Waals surface area contributed by atoms with Crippen LogP contribution in [0.15, 0.2) is 77.7 Å². The molecule has 0 N–H and O–H groups in total. The van der Waals surface area contributed by atoms with Crippen LogP contribution in [0.25, 0.3) is 12.2 Å². The normalized spacial score (nSPS) is 11.9. The summed E-state index contributed by atoms with van der Waals surface area (Å²) < 4.78 is 51.0. The fourth-order valence-electron chi connectivity index (χ4n) is 3.36. The molecule has 8 heteroatoms. The molecule has 0 bridgehead atoms. The SMILES string of the molecule is FC(F)(F)c1ccc(/C=C/c2nc(COc3ccc(CCCCn4cccn4)cc3)co2)cc1. The number of ether oxygens (including phenoxy) is 1. The Kier molecular flexibility index (Phi) is 7.47. The molecule has 0 saturated carbocycles. The Hall–Kier alpha value is -3.81. The lowest BCUT2D eigenvalue weighted by Gasteiger charge is -2.06. The van der Waals surface area contributed by atoms with Crippen molar-refractivity contribution in [2.75, 3.05) is 0 Å². The monoisotopic (exact) mass is 467 g/mol. The molecule has 176 valence electrons. The highest BCUT2D eigenvalue weighted by Gasteiger charge is 2.29. The van der Waals surface area contributed by atoms with E-state index in [1.165, 1.54) is 24.0 Å². The summed E-state index contributed by atoms with van der Waals surface area (Å²) >= 11 is 0.